The summed E-state index contributed by atoms with van der Waals surface area (Å²) < 4.78 is 0. The Hall–Kier alpha value is -2.53. The number of benzene rings is 2. The van der Waals surface area contributed by atoms with Crippen molar-refractivity contribution in [2.24, 2.45) is 10.2 Å². The first-order valence-electron chi connectivity index (χ1n) is 7.09. The quantitative estimate of drug-likeness (QED) is 0.629. The molecule has 2 aromatic carbocycles. The van der Waals surface area contributed by atoms with Crippen molar-refractivity contribution in [3.8, 4) is 5.75 Å². The van der Waals surface area contributed by atoms with Crippen molar-refractivity contribution < 1.29 is 9.90 Å². The van der Waals surface area contributed by atoms with Crippen LogP contribution >= 0.6 is 0 Å². The Kier molecular flexibility index (Phi) is 5.38. The minimum Gasteiger partial charge on any atom is -0.506 e. The van der Waals surface area contributed by atoms with Gasteiger partial charge >= 0.3 is 0 Å². The molecule has 0 radical (unpaired) electrons. The summed E-state index contributed by atoms with van der Waals surface area (Å²) in [4.78, 5) is 11.2. The number of phenols is 1. The van der Waals surface area contributed by atoms with E-state index in [1.807, 2.05) is 19.2 Å². The zero-order valence-electron chi connectivity index (χ0n) is 12.7. The fourth-order valence-corrected chi connectivity index (χ4v) is 1.95. The minimum atomic E-state index is 0.0124. The van der Waals surface area contributed by atoms with Crippen molar-refractivity contribution in [1.29, 1.82) is 0 Å². The number of carbonyl (C=O) groups excluding carboxylic acids is 1. The highest BCUT2D eigenvalue weighted by Crippen LogP contribution is 2.29. The maximum atomic E-state index is 11.2. The Morgan fingerprint density at radius 1 is 1.14 bits per heavy atom. The van der Waals surface area contributed by atoms with Gasteiger partial charge in [0.25, 0.3) is 0 Å². The lowest BCUT2D eigenvalue weighted by atomic mass is 10.1. The lowest BCUT2D eigenvalue weighted by molar-refractivity contribution is 0.101. The molecule has 0 unspecified atom stereocenters. The first-order valence-corrected chi connectivity index (χ1v) is 7.09. The lowest BCUT2D eigenvalue weighted by Crippen LogP contribution is -2.10. The molecule has 2 aromatic rings. The van der Waals surface area contributed by atoms with Gasteiger partial charge in [0.2, 0.25) is 0 Å². The number of aromatic hydroxyl groups is 1. The predicted molar refractivity (Wildman–Crippen MR) is 86.4 cm³/mol. The summed E-state index contributed by atoms with van der Waals surface area (Å²) in [7, 11) is 1.89. The largest absolute Gasteiger partial charge is 0.506 e. The van der Waals surface area contributed by atoms with Crippen molar-refractivity contribution in [1.82, 2.24) is 5.32 Å². The van der Waals surface area contributed by atoms with E-state index in [2.05, 4.69) is 15.5 Å². The average molecular weight is 297 g/mol. The number of likely N-dealkylation sites (N-methyl/N-ethyl adjacent to an activating group) is 1. The van der Waals surface area contributed by atoms with E-state index in [9.17, 15) is 9.90 Å². The van der Waals surface area contributed by atoms with E-state index >= 15 is 0 Å². The highest BCUT2D eigenvalue weighted by Gasteiger charge is 2.03. The van der Waals surface area contributed by atoms with Gasteiger partial charge in [-0.3, -0.25) is 4.79 Å². The smallest absolute Gasteiger partial charge is 0.159 e. The van der Waals surface area contributed by atoms with Gasteiger partial charge in [-0.25, -0.2) is 0 Å². The number of azo groups is 1. The molecule has 2 N–H and O–H groups in total. The normalized spacial score (nSPS) is 11.0. The summed E-state index contributed by atoms with van der Waals surface area (Å²) in [6, 6.07) is 12.2. The van der Waals surface area contributed by atoms with E-state index in [1.54, 1.807) is 30.3 Å². The Bertz CT molecular complexity index is 679. The average Bonchev–Trinajstić information content (AvgIpc) is 2.53. The van der Waals surface area contributed by atoms with Crippen LogP contribution in [0.4, 0.5) is 11.4 Å². The molecule has 2 rings (SSSR count). The molecule has 0 fully saturated rings. The summed E-state index contributed by atoms with van der Waals surface area (Å²) in [5.41, 5.74) is 2.78. The zero-order valence-corrected chi connectivity index (χ0v) is 12.7. The van der Waals surface area contributed by atoms with Gasteiger partial charge in [-0.05, 0) is 68.9 Å². The van der Waals surface area contributed by atoms with Crippen LogP contribution in [-0.2, 0) is 6.42 Å². The van der Waals surface area contributed by atoms with Gasteiger partial charge in [0.1, 0.15) is 11.4 Å². The second-order valence-electron chi connectivity index (χ2n) is 4.98. The zero-order chi connectivity index (χ0) is 15.9. The number of nitrogens with one attached hydrogen (secondary N) is 1. The van der Waals surface area contributed by atoms with Crippen LogP contribution in [0, 0.1) is 0 Å². The number of rotatable bonds is 6. The Morgan fingerprint density at radius 2 is 1.86 bits per heavy atom. The first kappa shape index (κ1) is 15.9. The monoisotopic (exact) mass is 297 g/mol. The van der Waals surface area contributed by atoms with E-state index in [0.717, 1.165) is 18.5 Å². The number of Topliss-reactive ketones (excluding diaryl/α,β-unsaturated/α-hetero) is 1. The van der Waals surface area contributed by atoms with Crippen LogP contribution in [0.2, 0.25) is 0 Å². The topological polar surface area (TPSA) is 74.0 Å². The van der Waals surface area contributed by atoms with Gasteiger partial charge in [-0.2, -0.15) is 5.11 Å². The van der Waals surface area contributed by atoms with Crippen molar-refractivity contribution in [3.63, 3.8) is 0 Å². The highest BCUT2D eigenvalue weighted by molar-refractivity contribution is 5.94. The third-order valence-corrected chi connectivity index (χ3v) is 3.25. The molecule has 0 saturated heterocycles. The van der Waals surface area contributed by atoms with Gasteiger partial charge in [-0.15, -0.1) is 5.11 Å². The maximum absolute atomic E-state index is 11.2. The van der Waals surface area contributed by atoms with Crippen LogP contribution < -0.4 is 5.32 Å². The van der Waals surface area contributed by atoms with Crippen molar-refractivity contribution in [3.05, 3.63) is 53.6 Å². The van der Waals surface area contributed by atoms with Crippen LogP contribution in [0.3, 0.4) is 0 Å². The molecule has 5 nitrogen and oxygen atoms in total. The molecule has 0 aliphatic rings. The molecule has 5 heteroatoms. The van der Waals surface area contributed by atoms with E-state index in [-0.39, 0.29) is 11.5 Å². The van der Waals surface area contributed by atoms with Crippen LogP contribution in [0.5, 0.6) is 5.75 Å². The van der Waals surface area contributed by atoms with Gasteiger partial charge < -0.3 is 10.4 Å². The summed E-state index contributed by atoms with van der Waals surface area (Å²) in [5.74, 6) is 0.107. The molecule has 22 heavy (non-hydrogen) atoms. The number of phenolic OH excluding ortho intramolecular Hbond substituents is 1. The minimum absolute atomic E-state index is 0.0124. The molecule has 0 aliphatic carbocycles. The molecular formula is C17H19N3O2. The molecule has 0 aliphatic heterocycles. The van der Waals surface area contributed by atoms with Crippen molar-refractivity contribution >= 4 is 17.2 Å². The van der Waals surface area contributed by atoms with E-state index in [4.69, 9.17) is 0 Å². The van der Waals surface area contributed by atoms with Gasteiger partial charge in [0.15, 0.2) is 5.78 Å². The summed E-state index contributed by atoms with van der Waals surface area (Å²) in [5, 5.41) is 21.1. The molecule has 0 aromatic heterocycles. The third kappa shape index (κ3) is 4.23. The van der Waals surface area contributed by atoms with Crippen LogP contribution in [-0.4, -0.2) is 24.5 Å². The van der Waals surface area contributed by atoms with Gasteiger partial charge in [0.05, 0.1) is 5.69 Å². The molecule has 0 spiro atoms. The molecule has 0 atom stereocenters. The SMILES string of the molecule is CNCCc1ccc(O)c(N=Nc2ccc(C(C)=O)cc2)c1. The Morgan fingerprint density at radius 3 is 2.50 bits per heavy atom. The molecule has 0 bridgehead atoms. The van der Waals surface area contributed by atoms with Gasteiger partial charge in [-0.1, -0.05) is 6.07 Å². The van der Waals surface area contributed by atoms with Gasteiger partial charge in [0, 0.05) is 5.56 Å². The van der Waals surface area contributed by atoms with E-state index in [0.29, 0.717) is 16.9 Å². The molecular weight excluding hydrogens is 278 g/mol. The van der Waals surface area contributed by atoms with E-state index < -0.39 is 0 Å². The van der Waals surface area contributed by atoms with E-state index in [1.165, 1.54) is 6.92 Å². The molecule has 0 saturated carbocycles. The number of hydrogen-bond donors (Lipinski definition) is 2. The molecule has 114 valence electrons. The summed E-state index contributed by atoms with van der Waals surface area (Å²) in [6.45, 7) is 2.37. The second-order valence-corrected chi connectivity index (χ2v) is 4.98. The fourth-order valence-electron chi connectivity index (χ4n) is 1.95. The summed E-state index contributed by atoms with van der Waals surface area (Å²) >= 11 is 0. The number of hydrogen-bond acceptors (Lipinski definition) is 5. The maximum Gasteiger partial charge on any atom is 0.159 e. The molecule has 0 heterocycles. The lowest BCUT2D eigenvalue weighted by Gasteiger charge is -2.03. The predicted octanol–water partition coefficient (Wildman–Crippen LogP) is 3.77. The first-order chi connectivity index (χ1) is 10.6. The van der Waals surface area contributed by atoms with Crippen molar-refractivity contribution in [2.45, 2.75) is 13.3 Å². The Balaban J connectivity index is 2.16. The third-order valence-electron chi connectivity index (χ3n) is 3.25. The molecule has 0 amide bonds. The van der Waals surface area contributed by atoms with Crippen molar-refractivity contribution in [2.75, 3.05) is 13.6 Å². The van der Waals surface area contributed by atoms with Crippen LogP contribution in [0.25, 0.3) is 0 Å². The second kappa shape index (κ2) is 7.47. The van der Waals surface area contributed by atoms with Crippen LogP contribution in [0.1, 0.15) is 22.8 Å². The van der Waals surface area contributed by atoms with Crippen LogP contribution in [0.15, 0.2) is 52.7 Å². The number of nitrogens with zero attached hydrogens (tertiary/aromatic N) is 2. The fraction of sp³-hybridized carbons (Fsp3) is 0.235. The summed E-state index contributed by atoms with van der Waals surface area (Å²) in [6.07, 6.45) is 0.854. The highest BCUT2D eigenvalue weighted by atomic mass is 16.3. The number of ketones is 1. The Labute approximate surface area is 129 Å². The standard InChI is InChI=1S/C17H19N3O2/c1-12(21)14-4-6-15(7-5-14)19-20-16-11-13(9-10-18-2)3-8-17(16)22/h3-8,11,18,22H,9-10H2,1-2H3. The number of carbonyl (C=O) groups is 1.